The SMILES string of the molecule is CCOc1ccc(C/C(O)=C2\C(=N)CC(C)(C)CC2=O)cc1OCC. The van der Waals surface area contributed by atoms with Gasteiger partial charge in [0.2, 0.25) is 0 Å². The fraction of sp³-hybridized carbons (Fsp3) is 0.500. The topological polar surface area (TPSA) is 79.6 Å². The van der Waals surface area contributed by atoms with E-state index in [4.69, 9.17) is 14.9 Å². The van der Waals surface area contributed by atoms with Gasteiger partial charge < -0.3 is 20.0 Å². The average molecular weight is 345 g/mol. The van der Waals surface area contributed by atoms with Gasteiger partial charge in [-0.05, 0) is 43.4 Å². The maximum Gasteiger partial charge on any atom is 0.168 e. The molecule has 1 aromatic rings. The van der Waals surface area contributed by atoms with Crippen LogP contribution in [-0.4, -0.2) is 29.8 Å². The van der Waals surface area contributed by atoms with Crippen molar-refractivity contribution in [3.05, 3.63) is 35.1 Å². The van der Waals surface area contributed by atoms with Crippen molar-refractivity contribution in [1.82, 2.24) is 0 Å². The summed E-state index contributed by atoms with van der Waals surface area (Å²) in [5, 5.41) is 18.6. The summed E-state index contributed by atoms with van der Waals surface area (Å²) in [7, 11) is 0. The Bertz CT molecular complexity index is 682. The molecule has 1 fully saturated rings. The molecule has 0 saturated heterocycles. The fourth-order valence-corrected chi connectivity index (χ4v) is 3.14. The van der Waals surface area contributed by atoms with Crippen LogP contribution in [0.3, 0.4) is 0 Å². The summed E-state index contributed by atoms with van der Waals surface area (Å²) in [6, 6.07) is 5.45. The van der Waals surface area contributed by atoms with E-state index in [1.807, 2.05) is 39.8 Å². The van der Waals surface area contributed by atoms with E-state index in [1.165, 1.54) is 0 Å². The highest BCUT2D eigenvalue weighted by atomic mass is 16.5. The van der Waals surface area contributed by atoms with E-state index in [-0.39, 0.29) is 34.7 Å². The van der Waals surface area contributed by atoms with Gasteiger partial charge in [-0.2, -0.15) is 0 Å². The second-order valence-corrected chi connectivity index (χ2v) is 7.07. The van der Waals surface area contributed by atoms with Gasteiger partial charge >= 0.3 is 0 Å². The molecular formula is C20H27NO4. The molecule has 0 atom stereocenters. The number of rotatable bonds is 6. The number of Topliss-reactive ketones (excluding diaryl/α,β-unsaturated/α-hetero) is 1. The summed E-state index contributed by atoms with van der Waals surface area (Å²) in [4.78, 5) is 12.4. The Balaban J connectivity index is 2.27. The Labute approximate surface area is 149 Å². The van der Waals surface area contributed by atoms with Crippen LogP contribution in [0.1, 0.15) is 46.1 Å². The van der Waals surface area contributed by atoms with E-state index >= 15 is 0 Å². The van der Waals surface area contributed by atoms with Gasteiger partial charge in [0.15, 0.2) is 17.3 Å². The predicted octanol–water partition coefficient (Wildman–Crippen LogP) is 4.25. The van der Waals surface area contributed by atoms with E-state index in [0.29, 0.717) is 37.6 Å². The van der Waals surface area contributed by atoms with Gasteiger partial charge in [0.1, 0.15) is 5.76 Å². The number of nitrogens with one attached hydrogen (secondary N) is 1. The van der Waals surface area contributed by atoms with Crippen molar-refractivity contribution in [2.24, 2.45) is 5.41 Å². The van der Waals surface area contributed by atoms with E-state index < -0.39 is 0 Å². The summed E-state index contributed by atoms with van der Waals surface area (Å²) in [5.74, 6) is 1.07. The minimum Gasteiger partial charge on any atom is -0.511 e. The molecule has 136 valence electrons. The second kappa shape index (κ2) is 7.72. The summed E-state index contributed by atoms with van der Waals surface area (Å²) in [6.07, 6.45) is 1.03. The Morgan fingerprint density at radius 2 is 1.80 bits per heavy atom. The van der Waals surface area contributed by atoms with Crippen molar-refractivity contribution in [3.63, 3.8) is 0 Å². The van der Waals surface area contributed by atoms with Crippen LogP contribution in [0.25, 0.3) is 0 Å². The maximum atomic E-state index is 12.4. The van der Waals surface area contributed by atoms with Gasteiger partial charge in [-0.1, -0.05) is 19.9 Å². The third kappa shape index (κ3) is 4.62. The third-order valence-electron chi connectivity index (χ3n) is 4.14. The van der Waals surface area contributed by atoms with Crippen molar-refractivity contribution < 1.29 is 19.4 Å². The Morgan fingerprint density at radius 3 is 2.40 bits per heavy atom. The first-order valence-electron chi connectivity index (χ1n) is 8.69. The van der Waals surface area contributed by atoms with E-state index in [2.05, 4.69) is 0 Å². The molecule has 0 amide bonds. The zero-order valence-electron chi connectivity index (χ0n) is 15.4. The van der Waals surface area contributed by atoms with Crippen molar-refractivity contribution in [1.29, 1.82) is 5.41 Å². The molecule has 0 aromatic heterocycles. The lowest BCUT2D eigenvalue weighted by Crippen LogP contribution is -2.32. The molecule has 0 unspecified atom stereocenters. The number of ketones is 1. The van der Waals surface area contributed by atoms with Crippen molar-refractivity contribution >= 4 is 11.5 Å². The molecule has 2 rings (SSSR count). The molecule has 0 aliphatic heterocycles. The Hall–Kier alpha value is -2.30. The van der Waals surface area contributed by atoms with Crippen LogP contribution in [0.5, 0.6) is 11.5 Å². The van der Waals surface area contributed by atoms with Crippen LogP contribution in [0, 0.1) is 10.8 Å². The van der Waals surface area contributed by atoms with E-state index in [1.54, 1.807) is 6.07 Å². The third-order valence-corrected chi connectivity index (χ3v) is 4.14. The molecule has 2 N–H and O–H groups in total. The number of hydrogen-bond acceptors (Lipinski definition) is 5. The average Bonchev–Trinajstić information content (AvgIpc) is 2.48. The van der Waals surface area contributed by atoms with Gasteiger partial charge in [0.25, 0.3) is 0 Å². The molecule has 5 nitrogen and oxygen atoms in total. The first-order chi connectivity index (χ1) is 11.8. The number of benzene rings is 1. The van der Waals surface area contributed by atoms with E-state index in [0.717, 1.165) is 5.56 Å². The number of aliphatic hydroxyl groups is 1. The highest BCUT2D eigenvalue weighted by molar-refractivity contribution is 6.23. The minimum atomic E-state index is -0.223. The van der Waals surface area contributed by atoms with Crippen molar-refractivity contribution in [2.75, 3.05) is 13.2 Å². The number of ether oxygens (including phenoxy) is 2. The van der Waals surface area contributed by atoms with Gasteiger partial charge in [-0.3, -0.25) is 4.79 Å². The molecule has 0 bridgehead atoms. The summed E-state index contributed by atoms with van der Waals surface area (Å²) >= 11 is 0. The molecule has 0 heterocycles. The van der Waals surface area contributed by atoms with E-state index in [9.17, 15) is 9.90 Å². The minimum absolute atomic E-state index is 0.0443. The largest absolute Gasteiger partial charge is 0.511 e. The molecule has 1 aliphatic rings. The number of carbonyl (C=O) groups excluding carboxylic acids is 1. The Morgan fingerprint density at radius 1 is 1.16 bits per heavy atom. The summed E-state index contributed by atoms with van der Waals surface area (Å²) in [5.41, 5.74) is 0.974. The van der Waals surface area contributed by atoms with Crippen LogP contribution < -0.4 is 9.47 Å². The molecule has 1 aromatic carbocycles. The predicted molar refractivity (Wildman–Crippen MR) is 97.9 cm³/mol. The van der Waals surface area contributed by atoms with Gasteiger partial charge in [0, 0.05) is 18.6 Å². The van der Waals surface area contributed by atoms with Crippen LogP contribution >= 0.6 is 0 Å². The number of carbonyl (C=O) groups is 1. The van der Waals surface area contributed by atoms with Crippen molar-refractivity contribution in [2.45, 2.75) is 47.0 Å². The lowest BCUT2D eigenvalue weighted by Gasteiger charge is -2.30. The quantitative estimate of drug-likeness (QED) is 0.597. The molecule has 1 saturated carbocycles. The maximum absolute atomic E-state index is 12.4. The number of aliphatic hydroxyl groups excluding tert-OH is 1. The molecule has 25 heavy (non-hydrogen) atoms. The molecule has 1 aliphatic carbocycles. The van der Waals surface area contributed by atoms with Gasteiger partial charge in [-0.15, -0.1) is 0 Å². The summed E-state index contributed by atoms with van der Waals surface area (Å²) in [6.45, 7) is 8.78. The van der Waals surface area contributed by atoms with Gasteiger partial charge in [-0.25, -0.2) is 0 Å². The van der Waals surface area contributed by atoms with Crippen LogP contribution in [-0.2, 0) is 11.2 Å². The zero-order valence-corrected chi connectivity index (χ0v) is 15.4. The zero-order chi connectivity index (χ0) is 18.6. The smallest absolute Gasteiger partial charge is 0.168 e. The van der Waals surface area contributed by atoms with Crippen LogP contribution in [0.15, 0.2) is 29.5 Å². The molecular weight excluding hydrogens is 318 g/mol. The summed E-state index contributed by atoms with van der Waals surface area (Å²) < 4.78 is 11.1. The van der Waals surface area contributed by atoms with Gasteiger partial charge in [0.05, 0.1) is 18.8 Å². The highest BCUT2D eigenvalue weighted by Gasteiger charge is 2.35. The standard InChI is InChI=1S/C20H27NO4/c1-5-24-17-8-7-13(10-18(17)25-6-2)9-15(22)19-14(21)11-20(3,4)12-16(19)23/h7-8,10,21-22H,5-6,9,11-12H2,1-4H3/b19-15-,21-14?. The monoisotopic (exact) mass is 345 g/mol. The van der Waals surface area contributed by atoms with Crippen LogP contribution in [0.2, 0.25) is 0 Å². The number of hydrogen-bond donors (Lipinski definition) is 2. The fourth-order valence-electron chi connectivity index (χ4n) is 3.14. The lowest BCUT2D eigenvalue weighted by molar-refractivity contribution is -0.117. The molecule has 5 heteroatoms. The number of allylic oxidation sites excluding steroid dienone is 2. The second-order valence-electron chi connectivity index (χ2n) is 7.07. The highest BCUT2D eigenvalue weighted by Crippen LogP contribution is 2.35. The first kappa shape index (κ1) is 19.0. The molecule has 0 spiro atoms. The lowest BCUT2D eigenvalue weighted by atomic mass is 9.73. The molecule has 0 radical (unpaired) electrons. The van der Waals surface area contributed by atoms with Crippen molar-refractivity contribution in [3.8, 4) is 11.5 Å². The van der Waals surface area contributed by atoms with Crippen LogP contribution in [0.4, 0.5) is 0 Å². The first-order valence-corrected chi connectivity index (χ1v) is 8.69. The Kier molecular flexibility index (Phi) is 5.88. The normalized spacial score (nSPS) is 18.9.